The number of alkyl halides is 1. The summed E-state index contributed by atoms with van der Waals surface area (Å²) < 4.78 is 71.5. The van der Waals surface area contributed by atoms with Crippen molar-refractivity contribution in [3.8, 4) is 0 Å². The van der Waals surface area contributed by atoms with Crippen molar-refractivity contribution >= 4 is 62.0 Å². The molecule has 6 rings (SSSR count). The van der Waals surface area contributed by atoms with Gasteiger partial charge in [-0.2, -0.15) is 10.1 Å². The van der Waals surface area contributed by atoms with E-state index in [9.17, 15) is 19.0 Å². The van der Waals surface area contributed by atoms with Gasteiger partial charge in [-0.05, 0) is 0 Å². The number of aromatic amines is 1. The molecule has 2 fully saturated rings. The van der Waals surface area contributed by atoms with E-state index >= 15 is 4.39 Å². The fourth-order valence-electron chi connectivity index (χ4n) is 5.14. The van der Waals surface area contributed by atoms with Gasteiger partial charge in [-0.1, -0.05) is 24.5 Å². The topological polar surface area (TPSA) is 258 Å². The normalized spacial score (nSPS) is 32.0. The molecule has 0 saturated carbocycles. The Balaban J connectivity index is 1.19. The second kappa shape index (κ2) is 12.4. The van der Waals surface area contributed by atoms with Crippen LogP contribution in [0.25, 0.3) is 11.2 Å². The number of rotatable bonds is 10. The number of halogens is 1. The van der Waals surface area contributed by atoms with Gasteiger partial charge >= 0.3 is 6.80 Å². The first kappa shape index (κ1) is 31.6. The molecular formula is C20H27FN10O9P2S2. The smallest absolute Gasteiger partial charge is 0.386 e. The third kappa shape index (κ3) is 6.08. The van der Waals surface area contributed by atoms with Crippen molar-refractivity contribution in [2.75, 3.05) is 18.9 Å². The molecule has 3 aromatic heterocycles. The number of fused-ring (bicyclic) bond motifs is 2. The summed E-state index contributed by atoms with van der Waals surface area (Å²) in [6.07, 6.45) is -5.28. The summed E-state index contributed by atoms with van der Waals surface area (Å²) in [7, 11) is -2.74. The first-order valence-corrected chi connectivity index (χ1v) is 18.2. The van der Waals surface area contributed by atoms with Gasteiger partial charge < -0.3 is 35.9 Å². The fourth-order valence-corrected chi connectivity index (χ4v) is 7.51. The van der Waals surface area contributed by atoms with Gasteiger partial charge in [-0.3, -0.25) is 28.0 Å². The number of ether oxygens (including phenoxy) is 2. The molecule has 0 amide bonds. The van der Waals surface area contributed by atoms with E-state index in [4.69, 9.17) is 34.5 Å². The molecule has 6 heterocycles. The molecule has 3 aliphatic rings. The number of nitrogens with two attached hydrogens (primary N) is 2. The Morgan fingerprint density at radius 1 is 1.32 bits per heavy atom. The molecular weight excluding hydrogens is 669 g/mol. The summed E-state index contributed by atoms with van der Waals surface area (Å²) >= 11 is 7.89. The monoisotopic (exact) mass is 696 g/mol. The number of nitrogens with zero attached hydrogens (tertiary/aromatic N) is 6. The molecule has 19 nitrogen and oxygen atoms in total. The molecule has 24 heteroatoms. The molecule has 0 aliphatic carbocycles. The Hall–Kier alpha value is -2.36. The average Bonchev–Trinajstić information content (AvgIpc) is 3.73. The lowest BCUT2D eigenvalue weighted by Crippen LogP contribution is -2.34. The first-order valence-electron chi connectivity index (χ1n) is 12.9. The van der Waals surface area contributed by atoms with Crippen molar-refractivity contribution in [1.29, 1.82) is 0 Å². The van der Waals surface area contributed by atoms with Gasteiger partial charge in [0, 0.05) is 6.42 Å². The average molecular weight is 697 g/mol. The van der Waals surface area contributed by atoms with Crippen molar-refractivity contribution in [2.45, 2.75) is 55.5 Å². The van der Waals surface area contributed by atoms with Crippen molar-refractivity contribution in [3.63, 3.8) is 0 Å². The van der Waals surface area contributed by atoms with E-state index < -0.39 is 81.9 Å². The van der Waals surface area contributed by atoms with Gasteiger partial charge in [0.05, 0.1) is 37.5 Å². The molecule has 10 atom stereocenters. The first-order chi connectivity index (χ1) is 21.0. The lowest BCUT2D eigenvalue weighted by molar-refractivity contribution is -0.0486. The van der Waals surface area contributed by atoms with E-state index in [2.05, 4.69) is 54.9 Å². The predicted molar refractivity (Wildman–Crippen MR) is 157 cm³/mol. The van der Waals surface area contributed by atoms with Crippen LogP contribution >= 0.6 is 38.5 Å². The third-order valence-corrected chi connectivity index (χ3v) is 9.54. The number of H-pyrrole nitrogens is 1. The van der Waals surface area contributed by atoms with Crippen LogP contribution in [-0.4, -0.2) is 84.4 Å². The zero-order valence-electron chi connectivity index (χ0n) is 22.2. The van der Waals surface area contributed by atoms with E-state index in [-0.39, 0.29) is 23.5 Å². The van der Waals surface area contributed by atoms with Gasteiger partial charge in [0.15, 0.2) is 29.4 Å². The van der Waals surface area contributed by atoms with Crippen LogP contribution in [0.5, 0.6) is 0 Å². The largest absolute Gasteiger partial charge is 0.394 e. The van der Waals surface area contributed by atoms with Crippen LogP contribution in [0.3, 0.4) is 0 Å². The molecule has 3 aromatic rings. The summed E-state index contributed by atoms with van der Waals surface area (Å²) in [5, 5.41) is 16.7. The van der Waals surface area contributed by atoms with Gasteiger partial charge in [0.2, 0.25) is 13.2 Å². The van der Waals surface area contributed by atoms with Gasteiger partial charge in [-0.25, -0.2) is 23.6 Å². The number of hydrogen-bond acceptors (Lipinski definition) is 16. The molecule has 3 unspecified atom stereocenters. The number of aliphatic hydroxyl groups is 1. The van der Waals surface area contributed by atoms with E-state index in [1.807, 2.05) is 0 Å². The highest BCUT2D eigenvalue weighted by atomic mass is 32.7. The van der Waals surface area contributed by atoms with Crippen LogP contribution < -0.4 is 22.3 Å². The number of nitrogens with one attached hydrogen (secondary N) is 2. The second-order valence-electron chi connectivity index (χ2n) is 9.86. The van der Waals surface area contributed by atoms with Crippen LogP contribution in [0.4, 0.5) is 10.3 Å². The standard InChI is InChI=1S/C20H27FN10O9P2S2/c21-12-10(3-32)38-19(30-6-26-13-16(30)28-20(23)29-18(13)33)14(12)40-42(35,44)36-4-11-9(39-41(34)43)1-8(37-11)7-2-24-17-15(22)25-5-27-31(7)17/h2,5-6,8-12,14-15,19,32,41H,1,3-4,22H2,(H,25,27)(H,34,43)(H,35,44)(H3,23,28,29,33)/t8-,9+,10-,11-,12-,14-,15?,19-,42?/m1/s1. The van der Waals surface area contributed by atoms with Gasteiger partial charge in [0.1, 0.15) is 36.9 Å². The number of aliphatic hydroxyl groups excluding tert-OH is 1. The summed E-state index contributed by atoms with van der Waals surface area (Å²) in [5.74, 6) is 0.194. The van der Waals surface area contributed by atoms with E-state index in [0.29, 0.717) is 11.5 Å². The van der Waals surface area contributed by atoms with Crippen molar-refractivity contribution in [1.82, 2.24) is 34.5 Å². The van der Waals surface area contributed by atoms with Crippen LogP contribution in [0.15, 0.2) is 22.4 Å². The van der Waals surface area contributed by atoms with Crippen LogP contribution in [-0.2, 0) is 32.2 Å². The Morgan fingerprint density at radius 3 is 2.86 bits per heavy atom. The third-order valence-electron chi connectivity index (χ3n) is 7.10. The van der Waals surface area contributed by atoms with Gasteiger partial charge in [-0.15, -0.1) is 0 Å². The Kier molecular flexibility index (Phi) is 8.94. The molecule has 0 spiro atoms. The Bertz CT molecular complexity index is 1710. The molecule has 0 bridgehead atoms. The number of anilines is 1. The van der Waals surface area contributed by atoms with Crippen LogP contribution in [0.2, 0.25) is 0 Å². The highest BCUT2D eigenvalue weighted by molar-refractivity contribution is 8.44. The van der Waals surface area contributed by atoms with Crippen molar-refractivity contribution < 1.29 is 41.7 Å². The quantitative estimate of drug-likeness (QED) is 0.110. The summed E-state index contributed by atoms with van der Waals surface area (Å²) in [6.45, 7) is -5.60. The number of imidazole rings is 2. The predicted octanol–water partition coefficient (Wildman–Crippen LogP) is 0.153. The minimum absolute atomic E-state index is 0.0685. The summed E-state index contributed by atoms with van der Waals surface area (Å²) in [4.78, 5) is 26.8. The van der Waals surface area contributed by atoms with Crippen molar-refractivity contribution in [3.05, 3.63) is 34.4 Å². The molecule has 2 saturated heterocycles. The number of hydrogen-bond donors (Lipinski definition) is 7. The molecule has 240 valence electrons. The van der Waals surface area contributed by atoms with Crippen LogP contribution in [0.1, 0.15) is 36.4 Å². The maximum Gasteiger partial charge on any atom is 0.386 e. The minimum atomic E-state index is -4.40. The van der Waals surface area contributed by atoms with E-state index in [1.54, 1.807) is 0 Å². The van der Waals surface area contributed by atoms with Gasteiger partial charge in [0.25, 0.3) is 5.56 Å². The minimum Gasteiger partial charge on any atom is -0.394 e. The maximum atomic E-state index is 15.4. The Morgan fingerprint density at radius 2 is 2.11 bits per heavy atom. The maximum absolute atomic E-state index is 15.4. The zero-order valence-corrected chi connectivity index (χ0v) is 25.9. The number of nitrogen functional groups attached to an aromatic ring is 1. The molecule has 7 N–H and O–H groups in total. The van der Waals surface area contributed by atoms with Crippen LogP contribution in [0, 0.1) is 0 Å². The van der Waals surface area contributed by atoms with E-state index in [0.717, 1.165) is 10.9 Å². The lowest BCUT2D eigenvalue weighted by atomic mass is 10.1. The zero-order chi connectivity index (χ0) is 31.3. The molecule has 44 heavy (non-hydrogen) atoms. The Labute approximate surface area is 257 Å². The summed E-state index contributed by atoms with van der Waals surface area (Å²) in [5.41, 5.74) is 11.3. The molecule has 3 aliphatic heterocycles. The fraction of sp³-hybridized carbons (Fsp3) is 0.550. The number of aromatic nitrogens is 6. The van der Waals surface area contributed by atoms with E-state index in [1.165, 1.54) is 17.2 Å². The summed E-state index contributed by atoms with van der Waals surface area (Å²) in [6, 6.07) is 0. The highest BCUT2D eigenvalue weighted by Crippen LogP contribution is 2.57. The van der Waals surface area contributed by atoms with Crippen molar-refractivity contribution in [2.24, 2.45) is 10.8 Å². The highest BCUT2D eigenvalue weighted by Gasteiger charge is 2.50. The molecule has 0 radical (unpaired) electrons. The molecule has 0 aromatic carbocycles. The lowest BCUT2D eigenvalue weighted by Gasteiger charge is -2.25. The SMILES string of the molecule is Nc1nc2c(ncn2[C@@H]2O[C@H](CO)[C@@H](F)[C@H]2OP(=O)(S)OC[C@H]2O[C@@H](c3cnc4n3N=CNC4N)C[C@@H]2O[PH](=O)S)c(=O)[nH]1. The number of thiol groups is 2. The second-order valence-corrected chi connectivity index (χ2v) is 14.6.